The summed E-state index contributed by atoms with van der Waals surface area (Å²) in [7, 11) is 0. The summed E-state index contributed by atoms with van der Waals surface area (Å²) in [6.07, 6.45) is 4.66. The molecule has 1 saturated heterocycles. The highest BCUT2D eigenvalue weighted by Crippen LogP contribution is 2.22. The summed E-state index contributed by atoms with van der Waals surface area (Å²) in [5.41, 5.74) is 1.95. The largest absolute Gasteiger partial charge is 0.396 e. The highest BCUT2D eigenvalue weighted by atomic mass is 16.2. The molecule has 1 atom stereocenters. The summed E-state index contributed by atoms with van der Waals surface area (Å²) in [6, 6.07) is 3.96. The van der Waals surface area contributed by atoms with Crippen LogP contribution >= 0.6 is 0 Å². The highest BCUT2D eigenvalue weighted by Gasteiger charge is 2.23. The van der Waals surface area contributed by atoms with Crippen molar-refractivity contribution in [2.24, 2.45) is 5.92 Å². The van der Waals surface area contributed by atoms with Crippen molar-refractivity contribution in [2.45, 2.75) is 32.7 Å². The summed E-state index contributed by atoms with van der Waals surface area (Å²) in [5, 5.41) is 9.08. The number of hydrogen-bond donors (Lipinski definition) is 1. The van der Waals surface area contributed by atoms with E-state index in [2.05, 4.69) is 21.4 Å². The van der Waals surface area contributed by atoms with Gasteiger partial charge in [0.2, 0.25) is 0 Å². The monoisotopic (exact) mass is 288 g/mol. The van der Waals surface area contributed by atoms with Crippen molar-refractivity contribution in [3.05, 3.63) is 24.2 Å². The molecule has 0 amide bonds. The van der Waals surface area contributed by atoms with Crippen LogP contribution in [0.15, 0.2) is 18.3 Å². The van der Waals surface area contributed by atoms with E-state index in [9.17, 15) is 0 Å². The van der Waals surface area contributed by atoms with Gasteiger partial charge in [-0.05, 0) is 44.0 Å². The molecule has 0 spiro atoms. The zero-order valence-corrected chi connectivity index (χ0v) is 12.7. The van der Waals surface area contributed by atoms with Gasteiger partial charge in [-0.25, -0.2) is 9.97 Å². The topological polar surface area (TPSA) is 54.2 Å². The predicted octanol–water partition coefficient (Wildman–Crippen LogP) is 1.70. The fourth-order valence-corrected chi connectivity index (χ4v) is 3.23. The number of hydrogen-bond acceptors (Lipinski definition) is 4. The molecule has 2 aromatic heterocycles. The van der Waals surface area contributed by atoms with Crippen LogP contribution in [0.4, 0.5) is 0 Å². The van der Waals surface area contributed by atoms with Crippen LogP contribution in [-0.4, -0.2) is 50.8 Å². The molecule has 3 heterocycles. The average molecular weight is 288 g/mol. The minimum atomic E-state index is 0.212. The first-order valence-electron chi connectivity index (χ1n) is 7.95. The Balaban J connectivity index is 1.84. The Morgan fingerprint density at radius 3 is 3.10 bits per heavy atom. The molecule has 1 aliphatic heterocycles. The maximum Gasteiger partial charge on any atom is 0.159 e. The number of aromatic nitrogens is 3. The van der Waals surface area contributed by atoms with Gasteiger partial charge >= 0.3 is 0 Å². The molecule has 1 fully saturated rings. The quantitative estimate of drug-likeness (QED) is 0.879. The fraction of sp³-hybridized carbons (Fsp3) is 0.625. The molecule has 1 N–H and O–H groups in total. The van der Waals surface area contributed by atoms with Gasteiger partial charge in [0.05, 0.1) is 0 Å². The molecule has 2 aromatic rings. The van der Waals surface area contributed by atoms with Crippen LogP contribution < -0.4 is 0 Å². The molecule has 0 bridgehead atoms. The Labute approximate surface area is 125 Å². The number of likely N-dealkylation sites (tertiary alicyclic amines) is 1. The Kier molecular flexibility index (Phi) is 4.51. The second-order valence-corrected chi connectivity index (χ2v) is 5.86. The molecular formula is C16H24N4O. The Morgan fingerprint density at radius 2 is 2.33 bits per heavy atom. The summed E-state index contributed by atoms with van der Waals surface area (Å²) < 4.78 is 2.27. The van der Waals surface area contributed by atoms with Crippen molar-refractivity contribution in [1.82, 2.24) is 19.4 Å². The summed E-state index contributed by atoms with van der Waals surface area (Å²) in [6.45, 7) is 6.93. The fourth-order valence-electron chi connectivity index (χ4n) is 3.23. The van der Waals surface area contributed by atoms with Crippen molar-refractivity contribution < 1.29 is 5.11 Å². The molecule has 3 rings (SSSR count). The molecule has 114 valence electrons. The lowest BCUT2D eigenvalue weighted by Gasteiger charge is -2.15. The number of nitrogens with zero attached hydrogens (tertiary/aromatic N) is 4. The Morgan fingerprint density at radius 1 is 1.43 bits per heavy atom. The molecule has 0 radical (unpaired) electrons. The maximum absolute atomic E-state index is 9.08. The lowest BCUT2D eigenvalue weighted by atomic mass is 10.1. The number of aliphatic hydroxyl groups excluding tert-OH is 1. The normalized spacial score (nSPS) is 19.6. The third-order valence-corrected chi connectivity index (χ3v) is 4.40. The first-order chi connectivity index (χ1) is 10.3. The van der Waals surface area contributed by atoms with Gasteiger partial charge in [-0.2, -0.15) is 0 Å². The molecule has 0 aliphatic carbocycles. The van der Waals surface area contributed by atoms with Crippen molar-refractivity contribution in [3.63, 3.8) is 0 Å². The second-order valence-electron chi connectivity index (χ2n) is 5.86. The molecule has 5 nitrogen and oxygen atoms in total. The molecule has 0 saturated carbocycles. The van der Waals surface area contributed by atoms with Gasteiger partial charge in [0, 0.05) is 32.3 Å². The van der Waals surface area contributed by atoms with E-state index in [4.69, 9.17) is 10.1 Å². The zero-order chi connectivity index (χ0) is 14.7. The van der Waals surface area contributed by atoms with Crippen LogP contribution in [0.25, 0.3) is 11.2 Å². The van der Waals surface area contributed by atoms with Crippen molar-refractivity contribution in [1.29, 1.82) is 0 Å². The molecule has 1 unspecified atom stereocenters. The van der Waals surface area contributed by atoms with Gasteiger partial charge in [-0.1, -0.05) is 6.92 Å². The average Bonchev–Trinajstić information content (AvgIpc) is 3.11. The van der Waals surface area contributed by atoms with E-state index in [1.165, 1.54) is 19.5 Å². The minimum Gasteiger partial charge on any atom is -0.396 e. The minimum absolute atomic E-state index is 0.212. The van der Waals surface area contributed by atoms with E-state index in [-0.39, 0.29) is 6.61 Å². The van der Waals surface area contributed by atoms with Crippen LogP contribution in [-0.2, 0) is 13.0 Å². The molecule has 21 heavy (non-hydrogen) atoms. The Hall–Kier alpha value is -1.46. The molecule has 1 aliphatic rings. The van der Waals surface area contributed by atoms with Crippen LogP contribution in [0.2, 0.25) is 0 Å². The number of imidazole rings is 1. The van der Waals surface area contributed by atoms with Gasteiger partial charge in [-0.3, -0.25) is 0 Å². The van der Waals surface area contributed by atoms with E-state index in [1.54, 1.807) is 0 Å². The van der Waals surface area contributed by atoms with Crippen LogP contribution in [0.1, 0.15) is 25.6 Å². The molecule has 5 heteroatoms. The zero-order valence-electron chi connectivity index (χ0n) is 12.7. The van der Waals surface area contributed by atoms with Crippen molar-refractivity contribution >= 4 is 11.2 Å². The number of pyridine rings is 1. The lowest BCUT2D eigenvalue weighted by Crippen LogP contribution is -2.22. The maximum atomic E-state index is 9.08. The van der Waals surface area contributed by atoms with Crippen LogP contribution in [0.5, 0.6) is 0 Å². The van der Waals surface area contributed by atoms with Crippen LogP contribution in [0.3, 0.4) is 0 Å². The van der Waals surface area contributed by atoms with E-state index >= 15 is 0 Å². The van der Waals surface area contributed by atoms with E-state index < -0.39 is 0 Å². The summed E-state index contributed by atoms with van der Waals surface area (Å²) in [5.74, 6) is 1.74. The van der Waals surface area contributed by atoms with Gasteiger partial charge in [0.25, 0.3) is 0 Å². The van der Waals surface area contributed by atoms with Gasteiger partial charge < -0.3 is 14.6 Å². The number of aliphatic hydroxyl groups is 1. The smallest absolute Gasteiger partial charge is 0.159 e. The standard InChI is InChI=1S/C16H24N4O/c1-2-19-9-7-13(11-19)12-20-15(6-4-10-21)18-14-5-3-8-17-16(14)20/h3,5,8,13,21H,2,4,6-7,9-12H2,1H3. The van der Waals surface area contributed by atoms with E-state index in [0.29, 0.717) is 5.92 Å². The molecular weight excluding hydrogens is 264 g/mol. The first kappa shape index (κ1) is 14.5. The third kappa shape index (κ3) is 3.09. The van der Waals surface area contributed by atoms with Crippen molar-refractivity contribution in [2.75, 3.05) is 26.2 Å². The van der Waals surface area contributed by atoms with Gasteiger partial charge in [0.1, 0.15) is 11.3 Å². The molecule has 0 aromatic carbocycles. The highest BCUT2D eigenvalue weighted by molar-refractivity contribution is 5.71. The summed E-state index contributed by atoms with van der Waals surface area (Å²) in [4.78, 5) is 11.7. The number of aryl methyl sites for hydroxylation is 1. The van der Waals surface area contributed by atoms with Gasteiger partial charge in [-0.15, -0.1) is 0 Å². The third-order valence-electron chi connectivity index (χ3n) is 4.40. The lowest BCUT2D eigenvalue weighted by molar-refractivity contribution is 0.286. The number of fused-ring (bicyclic) bond motifs is 1. The van der Waals surface area contributed by atoms with Crippen molar-refractivity contribution in [3.8, 4) is 0 Å². The summed E-state index contributed by atoms with van der Waals surface area (Å²) >= 11 is 0. The second kappa shape index (κ2) is 6.54. The van der Waals surface area contributed by atoms with E-state index in [0.717, 1.165) is 42.9 Å². The first-order valence-corrected chi connectivity index (χ1v) is 7.95. The van der Waals surface area contributed by atoms with Gasteiger partial charge in [0.15, 0.2) is 5.65 Å². The number of rotatable bonds is 6. The predicted molar refractivity (Wildman–Crippen MR) is 83.2 cm³/mol. The van der Waals surface area contributed by atoms with Crippen LogP contribution in [0, 0.1) is 5.92 Å². The SMILES string of the molecule is CCN1CCC(Cn2c(CCCO)nc3cccnc32)C1. The Bertz CT molecular complexity index is 595. The van der Waals surface area contributed by atoms with E-state index in [1.807, 2.05) is 18.3 Å².